The number of methoxy groups -OCH3 is 2. The van der Waals surface area contributed by atoms with Crippen LogP contribution in [0.2, 0.25) is 0 Å². The van der Waals surface area contributed by atoms with Crippen molar-refractivity contribution in [2.24, 2.45) is 0 Å². The van der Waals surface area contributed by atoms with Crippen molar-refractivity contribution in [3.8, 4) is 17.6 Å². The summed E-state index contributed by atoms with van der Waals surface area (Å²) in [4.78, 5) is 1.02. The van der Waals surface area contributed by atoms with Crippen LogP contribution in [0.4, 0.5) is 0 Å². The Morgan fingerprint density at radius 3 is 2.44 bits per heavy atom. The van der Waals surface area contributed by atoms with E-state index in [9.17, 15) is 0 Å². The minimum absolute atomic E-state index is 0.0604. The van der Waals surface area contributed by atoms with Crippen molar-refractivity contribution in [2.75, 3.05) is 27.5 Å². The number of thioether (sulfide) groups is 1. The topological polar surface area (TPSA) is 54.3 Å². The number of nitrogens with zero attached hydrogens (tertiary/aromatic N) is 1. The van der Waals surface area contributed by atoms with Crippen LogP contribution in [0.25, 0.3) is 0 Å². The van der Waals surface area contributed by atoms with E-state index >= 15 is 0 Å². The van der Waals surface area contributed by atoms with E-state index in [4.69, 9.17) is 14.7 Å². The Labute approximate surface area is 112 Å². The van der Waals surface area contributed by atoms with Crippen LogP contribution in [-0.2, 0) is 0 Å². The zero-order valence-electron chi connectivity index (χ0n) is 11.1. The summed E-state index contributed by atoms with van der Waals surface area (Å²) < 4.78 is 10.8. The molecule has 0 aliphatic heterocycles. The molecule has 98 valence electrons. The first-order valence-corrected chi connectivity index (χ1v) is 6.78. The molecule has 1 aromatic carbocycles. The molecule has 5 heteroatoms. The number of hydrogen-bond donors (Lipinski definition) is 1. The fourth-order valence-electron chi connectivity index (χ4n) is 1.78. The van der Waals surface area contributed by atoms with Crippen molar-refractivity contribution in [1.29, 1.82) is 5.26 Å². The third-order valence-corrected chi connectivity index (χ3v) is 3.51. The van der Waals surface area contributed by atoms with Gasteiger partial charge in [0.2, 0.25) is 0 Å². The predicted octanol–water partition coefficient (Wildman–Crippen LogP) is 2.60. The van der Waals surface area contributed by atoms with Crippen LogP contribution < -0.4 is 14.8 Å². The molecule has 0 aromatic heterocycles. The summed E-state index contributed by atoms with van der Waals surface area (Å²) in [5, 5.41) is 12.0. The number of benzene rings is 1. The first kappa shape index (κ1) is 14.7. The molecule has 0 spiro atoms. The van der Waals surface area contributed by atoms with E-state index in [1.165, 1.54) is 0 Å². The van der Waals surface area contributed by atoms with Crippen molar-refractivity contribution < 1.29 is 9.47 Å². The predicted molar refractivity (Wildman–Crippen MR) is 73.4 cm³/mol. The molecule has 1 aromatic rings. The van der Waals surface area contributed by atoms with Gasteiger partial charge in [0.15, 0.2) is 0 Å². The van der Waals surface area contributed by atoms with Gasteiger partial charge in [-0.2, -0.15) is 5.26 Å². The maximum Gasteiger partial charge on any atom is 0.133 e. The molecule has 0 fully saturated rings. The lowest BCUT2D eigenvalue weighted by molar-refractivity contribution is 0.385. The lowest BCUT2D eigenvalue weighted by Crippen LogP contribution is -2.16. The Morgan fingerprint density at radius 2 is 2.00 bits per heavy atom. The average Bonchev–Trinajstić information content (AvgIpc) is 2.43. The number of ether oxygens (including phenoxy) is 2. The first-order valence-electron chi connectivity index (χ1n) is 5.55. The highest BCUT2D eigenvalue weighted by Crippen LogP contribution is 2.37. The van der Waals surface area contributed by atoms with Crippen LogP contribution in [0, 0.1) is 11.3 Å². The fourth-order valence-corrected chi connectivity index (χ4v) is 2.35. The summed E-state index contributed by atoms with van der Waals surface area (Å²) in [7, 11) is 5.11. The minimum Gasteiger partial charge on any atom is -0.496 e. The SMILES string of the molecule is CNC(CC#N)c1cc(OC)c(SC)cc1OC. The molecule has 1 rings (SSSR count). The molecule has 0 bridgehead atoms. The van der Waals surface area contributed by atoms with Gasteiger partial charge in [-0.05, 0) is 25.4 Å². The Bertz CT molecular complexity index is 443. The Morgan fingerprint density at radius 1 is 1.33 bits per heavy atom. The van der Waals surface area contributed by atoms with E-state index in [1.807, 2.05) is 25.4 Å². The van der Waals surface area contributed by atoms with Crippen molar-refractivity contribution >= 4 is 11.8 Å². The van der Waals surface area contributed by atoms with Gasteiger partial charge in [0.25, 0.3) is 0 Å². The van der Waals surface area contributed by atoms with Gasteiger partial charge in [0.1, 0.15) is 11.5 Å². The van der Waals surface area contributed by atoms with Crippen LogP contribution in [0.1, 0.15) is 18.0 Å². The number of nitriles is 1. The van der Waals surface area contributed by atoms with Crippen LogP contribution in [0.5, 0.6) is 11.5 Å². The van der Waals surface area contributed by atoms with Gasteiger partial charge in [-0.1, -0.05) is 0 Å². The molecule has 0 aliphatic carbocycles. The smallest absolute Gasteiger partial charge is 0.133 e. The molecule has 1 N–H and O–H groups in total. The summed E-state index contributed by atoms with van der Waals surface area (Å²) in [6.07, 6.45) is 2.37. The highest BCUT2D eigenvalue weighted by molar-refractivity contribution is 7.98. The van der Waals surface area contributed by atoms with Crippen molar-refractivity contribution in [3.63, 3.8) is 0 Å². The standard InChI is InChI=1S/C13H18N2O2S/c1-15-10(5-6-14)9-7-12(17-3)13(18-4)8-11(9)16-2/h7-8,10,15H,5H2,1-4H3. The van der Waals surface area contributed by atoms with Crippen molar-refractivity contribution in [1.82, 2.24) is 5.32 Å². The quantitative estimate of drug-likeness (QED) is 0.802. The van der Waals surface area contributed by atoms with E-state index in [0.29, 0.717) is 6.42 Å². The molecular weight excluding hydrogens is 248 g/mol. The van der Waals surface area contributed by atoms with E-state index in [-0.39, 0.29) is 6.04 Å². The lowest BCUT2D eigenvalue weighted by atomic mass is 10.0. The summed E-state index contributed by atoms with van der Waals surface area (Å²) in [5.74, 6) is 1.58. The van der Waals surface area contributed by atoms with Gasteiger partial charge in [-0.15, -0.1) is 11.8 Å². The molecule has 0 aliphatic rings. The third kappa shape index (κ3) is 3.09. The molecule has 0 saturated heterocycles. The summed E-state index contributed by atoms with van der Waals surface area (Å²) >= 11 is 1.60. The Balaban J connectivity index is 3.28. The Hall–Kier alpha value is -1.38. The minimum atomic E-state index is -0.0604. The van der Waals surface area contributed by atoms with Gasteiger partial charge in [0.05, 0.1) is 31.6 Å². The molecule has 18 heavy (non-hydrogen) atoms. The molecule has 0 amide bonds. The van der Waals surface area contributed by atoms with Crippen LogP contribution >= 0.6 is 11.8 Å². The van der Waals surface area contributed by atoms with E-state index in [0.717, 1.165) is 22.0 Å². The van der Waals surface area contributed by atoms with Crippen LogP contribution in [0.15, 0.2) is 17.0 Å². The summed E-state index contributed by atoms with van der Waals surface area (Å²) in [5.41, 5.74) is 0.941. The van der Waals surface area contributed by atoms with Gasteiger partial charge in [-0.25, -0.2) is 0 Å². The zero-order valence-corrected chi connectivity index (χ0v) is 11.9. The highest BCUT2D eigenvalue weighted by atomic mass is 32.2. The van der Waals surface area contributed by atoms with Gasteiger partial charge in [0, 0.05) is 11.6 Å². The molecular formula is C13H18N2O2S. The largest absolute Gasteiger partial charge is 0.496 e. The zero-order chi connectivity index (χ0) is 13.5. The van der Waals surface area contributed by atoms with Crippen LogP contribution in [-0.4, -0.2) is 27.5 Å². The normalized spacial score (nSPS) is 11.7. The van der Waals surface area contributed by atoms with E-state index in [1.54, 1.807) is 26.0 Å². The Kier molecular flexibility index (Phi) is 5.83. The lowest BCUT2D eigenvalue weighted by Gasteiger charge is -2.19. The van der Waals surface area contributed by atoms with Gasteiger partial charge in [-0.3, -0.25) is 0 Å². The summed E-state index contributed by atoms with van der Waals surface area (Å²) in [6.45, 7) is 0. The average molecular weight is 266 g/mol. The first-order chi connectivity index (χ1) is 8.71. The monoisotopic (exact) mass is 266 g/mol. The number of rotatable bonds is 6. The third-order valence-electron chi connectivity index (χ3n) is 2.76. The fraction of sp³-hybridized carbons (Fsp3) is 0.462. The van der Waals surface area contributed by atoms with Crippen molar-refractivity contribution in [2.45, 2.75) is 17.4 Å². The summed E-state index contributed by atoms with van der Waals surface area (Å²) in [6, 6.07) is 5.99. The van der Waals surface area contributed by atoms with Gasteiger partial charge < -0.3 is 14.8 Å². The number of nitrogens with one attached hydrogen (secondary N) is 1. The molecule has 1 unspecified atom stereocenters. The second-order valence-corrected chi connectivity index (χ2v) is 4.50. The van der Waals surface area contributed by atoms with Crippen molar-refractivity contribution in [3.05, 3.63) is 17.7 Å². The molecule has 0 heterocycles. The highest BCUT2D eigenvalue weighted by Gasteiger charge is 2.17. The maximum absolute atomic E-state index is 8.85. The molecule has 0 saturated carbocycles. The maximum atomic E-state index is 8.85. The molecule has 0 radical (unpaired) electrons. The second-order valence-electron chi connectivity index (χ2n) is 3.65. The number of hydrogen-bond acceptors (Lipinski definition) is 5. The second kappa shape index (κ2) is 7.14. The molecule has 1 atom stereocenters. The van der Waals surface area contributed by atoms with Crippen LogP contribution in [0.3, 0.4) is 0 Å². The van der Waals surface area contributed by atoms with E-state index in [2.05, 4.69) is 11.4 Å². The molecule has 4 nitrogen and oxygen atoms in total. The van der Waals surface area contributed by atoms with Gasteiger partial charge >= 0.3 is 0 Å². The van der Waals surface area contributed by atoms with E-state index < -0.39 is 0 Å².